The molecule has 2 fully saturated rings. The molecule has 0 spiro atoms. The maximum atomic E-state index is 15.2. The summed E-state index contributed by atoms with van der Waals surface area (Å²) >= 11 is 6.14. The number of hydrogen-bond acceptors (Lipinski definition) is 7. The second-order valence-corrected chi connectivity index (χ2v) is 12.0. The number of nitrogens with one attached hydrogen (secondary N) is 2. The predicted octanol–water partition coefficient (Wildman–Crippen LogP) is 4.91. The van der Waals surface area contributed by atoms with Gasteiger partial charge in [-0.05, 0) is 81.5 Å². The van der Waals surface area contributed by atoms with Gasteiger partial charge >= 0.3 is 6.01 Å². The van der Waals surface area contributed by atoms with Crippen molar-refractivity contribution in [2.24, 2.45) is 5.73 Å². The van der Waals surface area contributed by atoms with Crippen LogP contribution >= 0.6 is 11.6 Å². The molecule has 0 radical (unpaired) electrons. The number of piperazine rings is 1. The fourth-order valence-electron chi connectivity index (χ4n) is 6.03. The summed E-state index contributed by atoms with van der Waals surface area (Å²) in [5.74, 6) is -1.34. The number of rotatable bonds is 10. The third-order valence-corrected chi connectivity index (χ3v) is 8.46. The van der Waals surface area contributed by atoms with E-state index >= 15 is 4.39 Å². The number of halogens is 2. The van der Waals surface area contributed by atoms with E-state index in [1.165, 1.54) is 25.3 Å². The quantitative estimate of drug-likeness (QED) is 0.306. The number of benzene rings is 2. The summed E-state index contributed by atoms with van der Waals surface area (Å²) in [7, 11) is 0. The van der Waals surface area contributed by atoms with Gasteiger partial charge < -0.3 is 21.1 Å². The Bertz CT molecular complexity index is 1340. The van der Waals surface area contributed by atoms with Crippen LogP contribution in [0.3, 0.4) is 0 Å². The number of ether oxygens (including phenoxy) is 1. The highest BCUT2D eigenvalue weighted by molar-refractivity contribution is 6.30. The molecule has 2 bridgehead atoms. The van der Waals surface area contributed by atoms with Crippen molar-refractivity contribution in [2.45, 2.75) is 76.1 Å². The van der Waals surface area contributed by atoms with Gasteiger partial charge in [-0.1, -0.05) is 36.2 Å². The first-order chi connectivity index (χ1) is 20.3. The zero-order chi connectivity index (χ0) is 29.6. The standard InChI is InChI=1S/C32H40ClFN6O2/c1-20(2)42-32-37-16-22(17-38-32)29(21-9-11-23(33)12-10-21)30(35)31(41)39-28-8-5-7-27(34)26(28)14-13-25-18-36-24-6-3-4-15-40(25)19-24/h5,7-12,16-17,20,24-25,29-30,36H,3-4,6,13-15,18-19,35H2,1-2H3,(H,39,41)/t24-,25+,29+,30+/m1/s1. The highest BCUT2D eigenvalue weighted by atomic mass is 35.5. The Morgan fingerprint density at radius 3 is 2.67 bits per heavy atom. The van der Waals surface area contributed by atoms with E-state index in [2.05, 4.69) is 25.5 Å². The summed E-state index contributed by atoms with van der Waals surface area (Å²) in [6, 6.07) is 12.1. The predicted molar refractivity (Wildman–Crippen MR) is 163 cm³/mol. The number of fused-ring (bicyclic) bond motifs is 2. The van der Waals surface area contributed by atoms with Crippen LogP contribution in [-0.2, 0) is 11.2 Å². The summed E-state index contributed by atoms with van der Waals surface area (Å²) in [6.45, 7) is 6.81. The normalized spacial score (nSPS) is 21.8. The van der Waals surface area contributed by atoms with E-state index in [0.29, 0.717) is 40.3 Å². The maximum Gasteiger partial charge on any atom is 0.316 e. The molecule has 4 N–H and O–H groups in total. The number of hydrogen-bond donors (Lipinski definition) is 3. The Labute approximate surface area is 252 Å². The fraction of sp³-hybridized carbons (Fsp3) is 0.469. The highest BCUT2D eigenvalue weighted by Crippen LogP contribution is 2.30. The third-order valence-electron chi connectivity index (χ3n) is 8.20. The number of anilines is 1. The SMILES string of the molecule is CC(C)Oc1ncc([C@H](c2ccc(Cl)cc2)[C@H](N)C(=O)Nc2cccc(F)c2CC[C@H]2CN[C@@H]3CCCCN2C3)cn1. The van der Waals surface area contributed by atoms with E-state index in [1.807, 2.05) is 26.0 Å². The summed E-state index contributed by atoms with van der Waals surface area (Å²) in [6.07, 6.45) is 8.12. The molecule has 0 aliphatic carbocycles. The van der Waals surface area contributed by atoms with Crippen LogP contribution in [0.25, 0.3) is 0 Å². The zero-order valence-electron chi connectivity index (χ0n) is 24.2. The molecule has 5 rings (SSSR count). The molecule has 42 heavy (non-hydrogen) atoms. The van der Waals surface area contributed by atoms with Crippen LogP contribution in [0, 0.1) is 5.82 Å². The van der Waals surface area contributed by atoms with Crippen LogP contribution in [0.4, 0.5) is 10.1 Å². The molecule has 3 aromatic rings. The minimum absolute atomic E-state index is 0.0768. The molecule has 224 valence electrons. The Morgan fingerprint density at radius 2 is 1.93 bits per heavy atom. The van der Waals surface area contributed by atoms with Crippen LogP contribution in [-0.4, -0.2) is 64.6 Å². The number of carbonyl (C=O) groups is 1. The van der Waals surface area contributed by atoms with Crippen molar-refractivity contribution in [1.82, 2.24) is 20.2 Å². The molecule has 2 saturated heterocycles. The molecule has 2 aromatic carbocycles. The molecule has 5 atom stereocenters. The molecule has 0 saturated carbocycles. The number of nitrogens with zero attached hydrogens (tertiary/aromatic N) is 3. The molecule has 1 unspecified atom stereocenters. The first-order valence-corrected chi connectivity index (χ1v) is 15.2. The van der Waals surface area contributed by atoms with Gasteiger partial charge in [-0.25, -0.2) is 14.4 Å². The van der Waals surface area contributed by atoms with Crippen LogP contribution in [0.15, 0.2) is 54.9 Å². The average Bonchev–Trinajstić information content (AvgIpc) is 3.16. The highest BCUT2D eigenvalue weighted by Gasteiger charge is 2.31. The van der Waals surface area contributed by atoms with Gasteiger partial charge in [0.2, 0.25) is 5.91 Å². The Morgan fingerprint density at radius 1 is 1.17 bits per heavy atom. The maximum absolute atomic E-state index is 15.2. The van der Waals surface area contributed by atoms with Gasteiger partial charge in [-0.2, -0.15) is 0 Å². The average molecular weight is 595 g/mol. The van der Waals surface area contributed by atoms with Crippen LogP contribution in [0.5, 0.6) is 6.01 Å². The van der Waals surface area contributed by atoms with Crippen molar-refractivity contribution in [3.05, 3.63) is 82.4 Å². The van der Waals surface area contributed by atoms with Crippen molar-refractivity contribution >= 4 is 23.2 Å². The van der Waals surface area contributed by atoms with E-state index in [-0.39, 0.29) is 17.9 Å². The molecule has 1 aromatic heterocycles. The first kappa shape index (κ1) is 30.4. The molecule has 2 aliphatic heterocycles. The van der Waals surface area contributed by atoms with Gasteiger partial charge in [0, 0.05) is 59.8 Å². The number of amides is 1. The molecule has 1 amide bonds. The smallest absolute Gasteiger partial charge is 0.316 e. The molecule has 2 aliphatic rings. The van der Waals surface area contributed by atoms with Crippen LogP contribution in [0.1, 0.15) is 62.1 Å². The van der Waals surface area contributed by atoms with Crippen molar-refractivity contribution in [1.29, 1.82) is 0 Å². The zero-order valence-corrected chi connectivity index (χ0v) is 25.0. The lowest BCUT2D eigenvalue weighted by Crippen LogP contribution is -2.55. The van der Waals surface area contributed by atoms with E-state index in [9.17, 15) is 4.79 Å². The van der Waals surface area contributed by atoms with E-state index in [0.717, 1.165) is 31.6 Å². The molecular formula is C32H40ClFN6O2. The fourth-order valence-corrected chi connectivity index (χ4v) is 6.16. The number of carbonyl (C=O) groups excluding carboxylic acids is 1. The topological polar surface area (TPSA) is 105 Å². The van der Waals surface area contributed by atoms with E-state index in [4.69, 9.17) is 22.1 Å². The van der Waals surface area contributed by atoms with Gasteiger partial charge in [0.05, 0.1) is 12.1 Å². The van der Waals surface area contributed by atoms with Gasteiger partial charge in [0.15, 0.2) is 0 Å². The van der Waals surface area contributed by atoms with Crippen molar-refractivity contribution < 1.29 is 13.9 Å². The summed E-state index contributed by atoms with van der Waals surface area (Å²) in [5, 5.41) is 7.17. The minimum atomic E-state index is -1.01. The largest absolute Gasteiger partial charge is 0.461 e. The van der Waals surface area contributed by atoms with Crippen LogP contribution in [0.2, 0.25) is 5.02 Å². The summed E-state index contributed by atoms with van der Waals surface area (Å²) in [4.78, 5) is 24.9. The monoisotopic (exact) mass is 594 g/mol. The second-order valence-electron chi connectivity index (χ2n) is 11.6. The van der Waals surface area contributed by atoms with Gasteiger partial charge in [0.1, 0.15) is 5.82 Å². The Kier molecular flexibility index (Phi) is 10.1. The lowest BCUT2D eigenvalue weighted by Gasteiger charge is -2.39. The molecule has 10 heteroatoms. The molecule has 8 nitrogen and oxygen atoms in total. The van der Waals surface area contributed by atoms with Gasteiger partial charge in [0.25, 0.3) is 0 Å². The Hall–Kier alpha value is -3.11. The van der Waals surface area contributed by atoms with Crippen molar-refractivity contribution in [2.75, 3.05) is 25.0 Å². The van der Waals surface area contributed by atoms with E-state index < -0.39 is 17.9 Å². The van der Waals surface area contributed by atoms with Crippen molar-refractivity contribution in [3.63, 3.8) is 0 Å². The Balaban J connectivity index is 1.34. The first-order valence-electron chi connectivity index (χ1n) is 14.8. The van der Waals surface area contributed by atoms with Crippen molar-refractivity contribution in [3.8, 4) is 6.01 Å². The minimum Gasteiger partial charge on any atom is -0.461 e. The number of aromatic nitrogens is 2. The lowest BCUT2D eigenvalue weighted by atomic mass is 9.86. The summed E-state index contributed by atoms with van der Waals surface area (Å²) < 4.78 is 20.8. The van der Waals surface area contributed by atoms with Gasteiger partial charge in [-0.15, -0.1) is 0 Å². The summed E-state index contributed by atoms with van der Waals surface area (Å²) in [5.41, 5.74) is 9.01. The lowest BCUT2D eigenvalue weighted by molar-refractivity contribution is -0.117. The second kappa shape index (κ2) is 13.9. The molecule has 3 heterocycles. The van der Waals surface area contributed by atoms with Gasteiger partial charge in [-0.3, -0.25) is 9.69 Å². The number of nitrogens with two attached hydrogens (primary N) is 1. The molecular weight excluding hydrogens is 555 g/mol. The van der Waals surface area contributed by atoms with Crippen LogP contribution < -0.4 is 21.1 Å². The van der Waals surface area contributed by atoms with E-state index in [1.54, 1.807) is 36.7 Å². The third kappa shape index (κ3) is 7.45.